The van der Waals surface area contributed by atoms with Gasteiger partial charge in [-0.05, 0) is 28.3 Å². The van der Waals surface area contributed by atoms with Crippen LogP contribution in [0.5, 0.6) is 0 Å². The van der Waals surface area contributed by atoms with Gasteiger partial charge in [0.25, 0.3) is 0 Å². The Balaban J connectivity index is 0.00000162. The smallest absolute Gasteiger partial charge is 0.744 e. The molecule has 0 radical (unpaired) electrons. The Morgan fingerprint density at radius 2 is 1.67 bits per heavy atom. The molecule has 5 heteroatoms. The molecule has 2 aromatic carbocycles. The summed E-state index contributed by atoms with van der Waals surface area (Å²) in [5.74, 6) is -0.0141. The van der Waals surface area contributed by atoms with E-state index in [9.17, 15) is 13.0 Å². The van der Waals surface area contributed by atoms with Crippen molar-refractivity contribution in [2.75, 3.05) is 0 Å². The van der Waals surface area contributed by atoms with Crippen molar-refractivity contribution in [1.29, 1.82) is 0 Å². The van der Waals surface area contributed by atoms with Gasteiger partial charge in [-0.2, -0.15) is 0 Å². The summed E-state index contributed by atoms with van der Waals surface area (Å²) in [6.45, 7) is 3.77. The van der Waals surface area contributed by atoms with Crippen molar-refractivity contribution in [3.05, 3.63) is 42.0 Å². The molecule has 2 rings (SSSR count). The standard InChI is InChI=1S/C13H14O3S.Na/c1-9(2)13-11-6-4-3-5-10(11)7-8-12(13)17(14,15)16;/h3-9H,1-2H3,(H,14,15,16);/q;+1/p-1. The second-order valence-corrected chi connectivity index (χ2v) is 5.66. The maximum absolute atomic E-state index is 11.2. The summed E-state index contributed by atoms with van der Waals surface area (Å²) in [7, 11) is -4.42. The Bertz CT molecular complexity index is 663. The fourth-order valence-electron chi connectivity index (χ4n) is 2.09. The Labute approximate surface area is 129 Å². The third kappa shape index (κ3) is 2.95. The van der Waals surface area contributed by atoms with Gasteiger partial charge in [-0.15, -0.1) is 0 Å². The molecule has 0 N–H and O–H groups in total. The molecule has 0 amide bonds. The molecule has 0 aliphatic heterocycles. The topological polar surface area (TPSA) is 57.2 Å². The van der Waals surface area contributed by atoms with E-state index in [2.05, 4.69) is 0 Å². The molecule has 2 aromatic rings. The molecular weight excluding hydrogens is 259 g/mol. The second kappa shape index (κ2) is 5.72. The van der Waals surface area contributed by atoms with Crippen LogP contribution in [0.3, 0.4) is 0 Å². The molecule has 90 valence electrons. The number of benzene rings is 2. The van der Waals surface area contributed by atoms with E-state index in [0.29, 0.717) is 5.56 Å². The van der Waals surface area contributed by atoms with Gasteiger partial charge in [0, 0.05) is 0 Å². The first-order valence-electron chi connectivity index (χ1n) is 5.39. The van der Waals surface area contributed by atoms with Crippen molar-refractivity contribution in [3.8, 4) is 0 Å². The van der Waals surface area contributed by atoms with Crippen molar-refractivity contribution in [2.45, 2.75) is 24.7 Å². The predicted octanol–water partition coefficient (Wildman–Crippen LogP) is -0.129. The fourth-order valence-corrected chi connectivity index (χ4v) is 2.94. The van der Waals surface area contributed by atoms with E-state index in [4.69, 9.17) is 0 Å². The zero-order valence-corrected chi connectivity index (χ0v) is 13.5. The number of hydrogen-bond acceptors (Lipinski definition) is 3. The molecule has 0 saturated heterocycles. The van der Waals surface area contributed by atoms with Gasteiger partial charge in [0.15, 0.2) is 0 Å². The van der Waals surface area contributed by atoms with Crippen LogP contribution in [-0.2, 0) is 10.1 Å². The molecule has 0 bridgehead atoms. The van der Waals surface area contributed by atoms with Crippen LogP contribution < -0.4 is 29.6 Å². The Morgan fingerprint density at radius 3 is 2.22 bits per heavy atom. The first kappa shape index (κ1) is 15.7. The molecule has 18 heavy (non-hydrogen) atoms. The van der Waals surface area contributed by atoms with Gasteiger partial charge in [0.05, 0.1) is 4.90 Å². The summed E-state index contributed by atoms with van der Waals surface area (Å²) < 4.78 is 33.7. The fraction of sp³-hybridized carbons (Fsp3) is 0.231. The minimum Gasteiger partial charge on any atom is -0.744 e. The van der Waals surface area contributed by atoms with E-state index >= 15 is 0 Å². The molecule has 0 spiro atoms. The SMILES string of the molecule is CC(C)c1c(S(=O)(=O)[O-])ccc2ccccc12.[Na+]. The van der Waals surface area contributed by atoms with Gasteiger partial charge in [0.1, 0.15) is 10.1 Å². The van der Waals surface area contributed by atoms with E-state index in [1.54, 1.807) is 6.07 Å². The van der Waals surface area contributed by atoms with Crippen LogP contribution >= 0.6 is 0 Å². The average Bonchev–Trinajstić information content (AvgIpc) is 2.26. The summed E-state index contributed by atoms with van der Waals surface area (Å²) >= 11 is 0. The molecule has 0 unspecified atom stereocenters. The summed E-state index contributed by atoms with van der Waals surface area (Å²) in [6.07, 6.45) is 0. The first-order chi connectivity index (χ1) is 7.91. The van der Waals surface area contributed by atoms with Crippen molar-refractivity contribution >= 4 is 20.9 Å². The van der Waals surface area contributed by atoms with Gasteiger partial charge in [-0.25, -0.2) is 8.42 Å². The van der Waals surface area contributed by atoms with E-state index in [1.165, 1.54) is 6.07 Å². The monoisotopic (exact) mass is 272 g/mol. The van der Waals surface area contributed by atoms with Crippen LogP contribution in [0.1, 0.15) is 25.3 Å². The van der Waals surface area contributed by atoms with Crippen LogP contribution in [0, 0.1) is 0 Å². The molecule has 0 aliphatic rings. The minimum absolute atomic E-state index is 0. The zero-order chi connectivity index (χ0) is 12.6. The summed E-state index contributed by atoms with van der Waals surface area (Å²) in [4.78, 5) is -0.105. The molecule has 0 fully saturated rings. The Kier molecular flexibility index (Phi) is 4.98. The van der Waals surface area contributed by atoms with Crippen LogP contribution in [0.15, 0.2) is 41.3 Å². The van der Waals surface area contributed by atoms with Gasteiger partial charge in [-0.1, -0.05) is 44.2 Å². The summed E-state index contributed by atoms with van der Waals surface area (Å²) in [6, 6.07) is 10.6. The average molecular weight is 272 g/mol. The van der Waals surface area contributed by atoms with Gasteiger partial charge in [0.2, 0.25) is 0 Å². The quantitative estimate of drug-likeness (QED) is 0.565. The molecule has 0 heterocycles. The molecule has 0 atom stereocenters. The van der Waals surface area contributed by atoms with Gasteiger partial charge >= 0.3 is 29.6 Å². The summed E-state index contributed by atoms with van der Waals surface area (Å²) in [5.41, 5.74) is 0.609. The molecule has 3 nitrogen and oxygen atoms in total. The minimum atomic E-state index is -4.42. The second-order valence-electron chi connectivity index (χ2n) is 4.31. The normalized spacial score (nSPS) is 11.6. The molecular formula is C13H13NaO3S. The Morgan fingerprint density at radius 1 is 1.06 bits per heavy atom. The van der Waals surface area contributed by atoms with Crippen LogP contribution in [0.4, 0.5) is 0 Å². The van der Waals surface area contributed by atoms with Gasteiger partial charge < -0.3 is 4.55 Å². The maximum atomic E-state index is 11.2. The van der Waals surface area contributed by atoms with Crippen molar-refractivity contribution < 1.29 is 42.5 Å². The summed E-state index contributed by atoms with van der Waals surface area (Å²) in [5, 5.41) is 1.78. The van der Waals surface area contributed by atoms with Crippen molar-refractivity contribution in [3.63, 3.8) is 0 Å². The Hall–Kier alpha value is -0.390. The molecule has 0 aliphatic carbocycles. The third-order valence-electron chi connectivity index (χ3n) is 2.78. The zero-order valence-electron chi connectivity index (χ0n) is 10.7. The van der Waals surface area contributed by atoms with Crippen LogP contribution in [0.2, 0.25) is 0 Å². The predicted molar refractivity (Wildman–Crippen MR) is 66.0 cm³/mol. The molecule has 0 aromatic heterocycles. The van der Waals surface area contributed by atoms with Crippen molar-refractivity contribution in [2.24, 2.45) is 0 Å². The van der Waals surface area contributed by atoms with Gasteiger partial charge in [-0.3, -0.25) is 0 Å². The maximum Gasteiger partial charge on any atom is 1.00 e. The number of fused-ring (bicyclic) bond motifs is 1. The van der Waals surface area contributed by atoms with E-state index < -0.39 is 10.1 Å². The number of rotatable bonds is 2. The van der Waals surface area contributed by atoms with E-state index in [0.717, 1.165) is 10.8 Å². The third-order valence-corrected chi connectivity index (χ3v) is 3.67. The van der Waals surface area contributed by atoms with Crippen LogP contribution in [-0.4, -0.2) is 13.0 Å². The first-order valence-corrected chi connectivity index (χ1v) is 6.79. The van der Waals surface area contributed by atoms with E-state index in [1.807, 2.05) is 38.1 Å². The largest absolute Gasteiger partial charge is 1.00 e. The van der Waals surface area contributed by atoms with E-state index in [-0.39, 0.29) is 40.4 Å². The van der Waals surface area contributed by atoms with Crippen molar-refractivity contribution in [1.82, 2.24) is 0 Å². The number of hydrogen-bond donors (Lipinski definition) is 0. The molecule has 0 saturated carbocycles. The van der Waals surface area contributed by atoms with Crippen LogP contribution in [0.25, 0.3) is 10.8 Å².